The number of benzene rings is 1. The number of fused-ring (bicyclic) bond motifs is 1. The maximum atomic E-state index is 12.2. The van der Waals surface area contributed by atoms with Gasteiger partial charge in [0, 0.05) is 12.4 Å². The van der Waals surface area contributed by atoms with Crippen molar-refractivity contribution in [2.75, 3.05) is 0 Å². The molecule has 0 atom stereocenters. The van der Waals surface area contributed by atoms with Gasteiger partial charge in [0.15, 0.2) is 5.78 Å². The molecule has 0 N–H and O–H groups in total. The minimum atomic E-state index is 0.0175. The predicted molar refractivity (Wildman–Crippen MR) is 78.1 cm³/mol. The summed E-state index contributed by atoms with van der Waals surface area (Å²) in [5.74, 6) is 0.0175. The Morgan fingerprint density at radius 3 is 2.89 bits per heavy atom. The zero-order valence-electron chi connectivity index (χ0n) is 10.3. The van der Waals surface area contributed by atoms with E-state index in [1.807, 2.05) is 36.7 Å². The number of Topliss-reactive ketones (excluding diaryl/α,β-unsaturated/α-hetero) is 1. The van der Waals surface area contributed by atoms with Crippen LogP contribution in [0.4, 0.5) is 0 Å². The van der Waals surface area contributed by atoms with Crippen molar-refractivity contribution in [2.45, 2.75) is 6.42 Å². The van der Waals surface area contributed by atoms with Crippen LogP contribution in [0.1, 0.15) is 15.4 Å². The van der Waals surface area contributed by atoms with Crippen LogP contribution >= 0.6 is 22.9 Å². The lowest BCUT2D eigenvalue weighted by Crippen LogP contribution is -2.03. The molecule has 0 aliphatic heterocycles. The van der Waals surface area contributed by atoms with Crippen LogP contribution in [-0.4, -0.2) is 15.6 Å². The first-order chi connectivity index (χ1) is 9.16. The van der Waals surface area contributed by atoms with Crippen LogP contribution in [0, 0.1) is 0 Å². The zero-order chi connectivity index (χ0) is 13.4. The largest absolute Gasteiger partial charge is 0.293 e. The van der Waals surface area contributed by atoms with E-state index < -0.39 is 0 Å². The second-order valence-electron chi connectivity index (χ2n) is 4.29. The summed E-state index contributed by atoms with van der Waals surface area (Å²) in [5, 5.41) is 7.79. The minimum absolute atomic E-state index is 0.0175. The Labute approximate surface area is 119 Å². The van der Waals surface area contributed by atoms with Crippen molar-refractivity contribution < 1.29 is 4.79 Å². The molecule has 0 amide bonds. The maximum absolute atomic E-state index is 12.2. The van der Waals surface area contributed by atoms with E-state index in [2.05, 4.69) is 5.10 Å². The van der Waals surface area contributed by atoms with E-state index in [0.717, 1.165) is 16.6 Å². The molecular formula is C14H11ClN2OS. The summed E-state index contributed by atoms with van der Waals surface area (Å²) >= 11 is 7.36. The molecule has 0 saturated carbocycles. The monoisotopic (exact) mass is 290 g/mol. The molecule has 0 spiro atoms. The summed E-state index contributed by atoms with van der Waals surface area (Å²) in [4.78, 5) is 12.8. The molecule has 3 nitrogen and oxygen atoms in total. The third-order valence-corrected chi connectivity index (χ3v) is 4.42. The van der Waals surface area contributed by atoms with Crippen molar-refractivity contribution >= 4 is 39.6 Å². The summed E-state index contributed by atoms with van der Waals surface area (Å²) in [5.41, 5.74) is 1.83. The van der Waals surface area contributed by atoms with Gasteiger partial charge in [-0.05, 0) is 17.5 Å². The van der Waals surface area contributed by atoms with Gasteiger partial charge in [-0.25, -0.2) is 0 Å². The molecule has 0 fully saturated rings. The average molecular weight is 291 g/mol. The predicted octanol–water partition coefficient (Wildman–Crippen LogP) is 3.71. The van der Waals surface area contributed by atoms with Crippen LogP contribution in [0.25, 0.3) is 10.9 Å². The number of ketones is 1. The van der Waals surface area contributed by atoms with Crippen molar-refractivity contribution in [3.63, 3.8) is 0 Å². The SMILES string of the molecule is Cn1nc(CC(=O)c2sccc2Cl)c2ccccc21. The van der Waals surface area contributed by atoms with Gasteiger partial charge in [0.1, 0.15) is 0 Å². The number of thiophene rings is 1. The Hall–Kier alpha value is -1.65. The van der Waals surface area contributed by atoms with Crippen LogP contribution in [0.3, 0.4) is 0 Å². The van der Waals surface area contributed by atoms with Gasteiger partial charge in [0.25, 0.3) is 0 Å². The minimum Gasteiger partial charge on any atom is -0.293 e. The molecule has 0 bridgehead atoms. The molecule has 19 heavy (non-hydrogen) atoms. The van der Waals surface area contributed by atoms with E-state index in [9.17, 15) is 4.79 Å². The first kappa shape index (κ1) is 12.4. The fourth-order valence-corrected chi connectivity index (χ4v) is 3.25. The topological polar surface area (TPSA) is 34.9 Å². The Morgan fingerprint density at radius 2 is 2.16 bits per heavy atom. The molecule has 3 rings (SSSR count). The van der Waals surface area contributed by atoms with E-state index in [4.69, 9.17) is 11.6 Å². The van der Waals surface area contributed by atoms with Gasteiger partial charge in [-0.3, -0.25) is 9.48 Å². The van der Waals surface area contributed by atoms with E-state index in [1.165, 1.54) is 11.3 Å². The Bertz CT molecular complexity index is 760. The fraction of sp³-hybridized carbons (Fsp3) is 0.143. The number of aryl methyl sites for hydroxylation is 1. The number of hydrogen-bond acceptors (Lipinski definition) is 3. The lowest BCUT2D eigenvalue weighted by atomic mass is 10.1. The van der Waals surface area contributed by atoms with Crippen LogP contribution < -0.4 is 0 Å². The number of carbonyl (C=O) groups is 1. The summed E-state index contributed by atoms with van der Waals surface area (Å²) in [6.45, 7) is 0. The molecule has 1 aromatic carbocycles. The number of halogens is 1. The molecule has 2 aromatic heterocycles. The van der Waals surface area contributed by atoms with Gasteiger partial charge in [-0.15, -0.1) is 11.3 Å². The van der Waals surface area contributed by atoms with Crippen LogP contribution in [0.15, 0.2) is 35.7 Å². The van der Waals surface area contributed by atoms with E-state index in [1.54, 1.807) is 10.7 Å². The molecule has 3 aromatic rings. The average Bonchev–Trinajstić information content (AvgIpc) is 2.95. The maximum Gasteiger partial charge on any atom is 0.180 e. The first-order valence-corrected chi connectivity index (χ1v) is 7.09. The standard InChI is InChI=1S/C14H11ClN2OS/c1-17-12-5-3-2-4-9(12)11(16-17)8-13(18)14-10(15)6-7-19-14/h2-7H,8H2,1H3. The van der Waals surface area contributed by atoms with Gasteiger partial charge in [-0.1, -0.05) is 29.8 Å². The molecule has 96 valence electrons. The van der Waals surface area contributed by atoms with E-state index >= 15 is 0 Å². The van der Waals surface area contributed by atoms with Crippen molar-refractivity contribution in [1.29, 1.82) is 0 Å². The third kappa shape index (κ3) is 2.17. The van der Waals surface area contributed by atoms with Crippen LogP contribution in [0.2, 0.25) is 5.02 Å². The zero-order valence-corrected chi connectivity index (χ0v) is 11.8. The Morgan fingerprint density at radius 1 is 1.37 bits per heavy atom. The summed E-state index contributed by atoms with van der Waals surface area (Å²) in [6.07, 6.45) is 0.279. The number of para-hydroxylation sites is 1. The van der Waals surface area contributed by atoms with Crippen molar-refractivity contribution in [3.8, 4) is 0 Å². The summed E-state index contributed by atoms with van der Waals surface area (Å²) in [6, 6.07) is 9.65. The molecule has 5 heteroatoms. The quantitative estimate of drug-likeness (QED) is 0.689. The van der Waals surface area contributed by atoms with Crippen LogP contribution in [0.5, 0.6) is 0 Å². The fourth-order valence-electron chi connectivity index (χ4n) is 2.14. The highest BCUT2D eigenvalue weighted by Gasteiger charge is 2.16. The molecule has 0 aliphatic rings. The van der Waals surface area contributed by atoms with Crippen molar-refractivity contribution in [2.24, 2.45) is 7.05 Å². The van der Waals surface area contributed by atoms with Crippen molar-refractivity contribution in [3.05, 3.63) is 51.3 Å². The molecular weight excluding hydrogens is 280 g/mol. The Balaban J connectivity index is 1.98. The summed E-state index contributed by atoms with van der Waals surface area (Å²) in [7, 11) is 1.88. The highest BCUT2D eigenvalue weighted by molar-refractivity contribution is 7.12. The third-order valence-electron chi connectivity index (χ3n) is 3.03. The smallest absolute Gasteiger partial charge is 0.180 e. The first-order valence-electron chi connectivity index (χ1n) is 5.83. The van der Waals surface area contributed by atoms with Gasteiger partial charge in [0.2, 0.25) is 0 Å². The molecule has 0 saturated heterocycles. The molecule has 0 aliphatic carbocycles. The number of nitrogens with zero attached hydrogens (tertiary/aromatic N) is 2. The highest BCUT2D eigenvalue weighted by Crippen LogP contribution is 2.25. The van der Waals surface area contributed by atoms with Gasteiger partial charge < -0.3 is 0 Å². The lowest BCUT2D eigenvalue weighted by molar-refractivity contribution is 0.0996. The van der Waals surface area contributed by atoms with Gasteiger partial charge in [0.05, 0.1) is 27.5 Å². The van der Waals surface area contributed by atoms with Gasteiger partial charge in [-0.2, -0.15) is 5.10 Å². The number of carbonyl (C=O) groups excluding carboxylic acids is 1. The second kappa shape index (κ2) is 4.79. The Kier molecular flexibility index (Phi) is 3.12. The lowest BCUT2D eigenvalue weighted by Gasteiger charge is -1.97. The number of hydrogen-bond donors (Lipinski definition) is 0. The number of aromatic nitrogens is 2. The normalized spacial score (nSPS) is 11.1. The van der Waals surface area contributed by atoms with Gasteiger partial charge >= 0.3 is 0 Å². The molecule has 0 unspecified atom stereocenters. The van der Waals surface area contributed by atoms with E-state index in [0.29, 0.717) is 9.90 Å². The molecule has 0 radical (unpaired) electrons. The number of rotatable bonds is 3. The second-order valence-corrected chi connectivity index (χ2v) is 5.61. The summed E-state index contributed by atoms with van der Waals surface area (Å²) < 4.78 is 1.80. The van der Waals surface area contributed by atoms with Crippen molar-refractivity contribution in [1.82, 2.24) is 9.78 Å². The highest BCUT2D eigenvalue weighted by atomic mass is 35.5. The molecule has 2 heterocycles. The van der Waals surface area contributed by atoms with Crippen LogP contribution in [-0.2, 0) is 13.5 Å². The van der Waals surface area contributed by atoms with E-state index in [-0.39, 0.29) is 12.2 Å².